The molecule has 14 heavy (non-hydrogen) atoms. The lowest BCUT2D eigenvalue weighted by Gasteiger charge is -2.25. The minimum absolute atomic E-state index is 0.260. The lowest BCUT2D eigenvalue weighted by atomic mass is 9.87. The highest BCUT2D eigenvalue weighted by Crippen LogP contribution is 2.23. The Bertz CT molecular complexity index is 130. The van der Waals surface area contributed by atoms with Gasteiger partial charge in [-0.05, 0) is 51.5 Å². The van der Waals surface area contributed by atoms with Crippen molar-refractivity contribution in [1.29, 1.82) is 0 Å². The Kier molecular flexibility index (Phi) is 5.14. The van der Waals surface area contributed by atoms with E-state index in [0.717, 1.165) is 12.5 Å². The van der Waals surface area contributed by atoms with Crippen molar-refractivity contribution in [1.82, 2.24) is 5.32 Å². The molecule has 0 aliphatic rings. The first-order valence-electron chi connectivity index (χ1n) is 5.85. The van der Waals surface area contributed by atoms with Gasteiger partial charge in [-0.25, -0.2) is 0 Å². The summed E-state index contributed by atoms with van der Waals surface area (Å²) in [6.45, 7) is 17.1. The Hall–Kier alpha value is -0.0400. The van der Waals surface area contributed by atoms with Gasteiger partial charge in [-0.1, -0.05) is 27.7 Å². The first-order chi connectivity index (χ1) is 6.10. The molecule has 0 aliphatic heterocycles. The molecule has 0 rings (SSSR count). The molecule has 1 N–H and O–H groups in total. The molecule has 1 heteroatoms. The number of rotatable bonds is 4. The topological polar surface area (TPSA) is 12.0 Å². The van der Waals surface area contributed by atoms with E-state index < -0.39 is 0 Å². The normalized spacial score (nSPS) is 15.6. The average molecular weight is 199 g/mol. The third-order valence-corrected chi connectivity index (χ3v) is 2.37. The molecule has 0 aliphatic carbocycles. The summed E-state index contributed by atoms with van der Waals surface area (Å²) in [5.41, 5.74) is 0.742. The van der Waals surface area contributed by atoms with E-state index in [2.05, 4.69) is 53.8 Å². The first-order valence-corrected chi connectivity index (χ1v) is 5.85. The molecule has 0 heterocycles. The Labute approximate surface area is 90.7 Å². The molecule has 0 radical (unpaired) electrons. The second kappa shape index (κ2) is 5.16. The van der Waals surface area contributed by atoms with Gasteiger partial charge < -0.3 is 5.32 Å². The highest BCUT2D eigenvalue weighted by Gasteiger charge is 2.14. The third-order valence-electron chi connectivity index (χ3n) is 2.37. The maximum atomic E-state index is 3.56. The highest BCUT2D eigenvalue weighted by atomic mass is 14.9. The largest absolute Gasteiger partial charge is 0.312 e. The average Bonchev–Trinajstić information content (AvgIpc) is 1.94. The molecule has 0 aromatic rings. The predicted octanol–water partition coefficient (Wildman–Crippen LogP) is 3.84. The number of hydrogen-bond donors (Lipinski definition) is 1. The summed E-state index contributed by atoms with van der Waals surface area (Å²) < 4.78 is 0. The van der Waals surface area contributed by atoms with Gasteiger partial charge in [-0.3, -0.25) is 0 Å². The van der Waals surface area contributed by atoms with Crippen LogP contribution in [0.4, 0.5) is 0 Å². The van der Waals surface area contributed by atoms with Crippen molar-refractivity contribution in [2.45, 2.75) is 66.8 Å². The molecule has 0 aromatic heterocycles. The molecule has 0 spiro atoms. The van der Waals surface area contributed by atoms with Crippen molar-refractivity contribution in [2.24, 2.45) is 11.3 Å². The zero-order chi connectivity index (χ0) is 11.4. The quantitative estimate of drug-likeness (QED) is 0.725. The Balaban J connectivity index is 3.62. The summed E-state index contributed by atoms with van der Waals surface area (Å²) in [5.74, 6) is 0.786. The summed E-state index contributed by atoms with van der Waals surface area (Å²) in [6.07, 6.45) is 2.65. The van der Waals surface area contributed by atoms with E-state index in [1.807, 2.05) is 0 Å². The zero-order valence-electron chi connectivity index (χ0n) is 11.2. The van der Waals surface area contributed by atoms with Gasteiger partial charge in [-0.2, -0.15) is 0 Å². The summed E-state index contributed by atoms with van der Waals surface area (Å²) in [7, 11) is 0. The smallest absolute Gasteiger partial charge is 0.00966 e. The van der Waals surface area contributed by atoms with E-state index in [9.17, 15) is 0 Å². The summed E-state index contributed by atoms with van der Waals surface area (Å²) in [6, 6.07) is 0. The summed E-state index contributed by atoms with van der Waals surface area (Å²) in [5, 5.41) is 3.56. The molecule has 0 bridgehead atoms. The first kappa shape index (κ1) is 14.0. The minimum atomic E-state index is 0.260. The van der Waals surface area contributed by atoms with Crippen molar-refractivity contribution in [3.8, 4) is 0 Å². The van der Waals surface area contributed by atoms with E-state index in [4.69, 9.17) is 0 Å². The number of nitrogens with one attached hydrogen (secondary N) is 1. The molecular weight excluding hydrogens is 170 g/mol. The summed E-state index contributed by atoms with van der Waals surface area (Å²) >= 11 is 0. The molecule has 1 atom stereocenters. The SMILES string of the molecule is CC(CCC(C)(C)C)CNC(C)(C)C. The lowest BCUT2D eigenvalue weighted by molar-refractivity contribution is 0.307. The molecule has 0 aromatic carbocycles. The van der Waals surface area contributed by atoms with Gasteiger partial charge in [0.1, 0.15) is 0 Å². The highest BCUT2D eigenvalue weighted by molar-refractivity contribution is 4.73. The number of hydrogen-bond acceptors (Lipinski definition) is 1. The molecule has 0 amide bonds. The van der Waals surface area contributed by atoms with Crippen LogP contribution >= 0.6 is 0 Å². The van der Waals surface area contributed by atoms with Gasteiger partial charge >= 0.3 is 0 Å². The van der Waals surface area contributed by atoms with Gasteiger partial charge in [0.2, 0.25) is 0 Å². The molecular formula is C13H29N. The maximum Gasteiger partial charge on any atom is 0.00966 e. The van der Waals surface area contributed by atoms with Crippen LogP contribution in [0.1, 0.15) is 61.3 Å². The Morgan fingerprint density at radius 3 is 1.86 bits per heavy atom. The fraction of sp³-hybridized carbons (Fsp3) is 1.00. The molecule has 1 unspecified atom stereocenters. The fourth-order valence-corrected chi connectivity index (χ4v) is 1.26. The van der Waals surface area contributed by atoms with Crippen LogP contribution in [0, 0.1) is 11.3 Å². The van der Waals surface area contributed by atoms with Crippen LogP contribution < -0.4 is 5.32 Å². The van der Waals surface area contributed by atoms with Crippen LogP contribution in [0.5, 0.6) is 0 Å². The standard InChI is InChI=1S/C13H29N/c1-11(8-9-12(2,3)4)10-14-13(5,6)7/h11,14H,8-10H2,1-7H3. The van der Waals surface area contributed by atoms with Gasteiger partial charge in [-0.15, -0.1) is 0 Å². The van der Waals surface area contributed by atoms with Crippen LogP contribution in [0.3, 0.4) is 0 Å². The summed E-state index contributed by atoms with van der Waals surface area (Å²) in [4.78, 5) is 0. The maximum absolute atomic E-state index is 3.56. The molecule has 0 saturated heterocycles. The predicted molar refractivity (Wildman–Crippen MR) is 65.6 cm³/mol. The van der Waals surface area contributed by atoms with Gasteiger partial charge in [0.05, 0.1) is 0 Å². The van der Waals surface area contributed by atoms with E-state index in [1.54, 1.807) is 0 Å². The van der Waals surface area contributed by atoms with Gasteiger partial charge in [0, 0.05) is 5.54 Å². The van der Waals surface area contributed by atoms with E-state index in [1.165, 1.54) is 12.8 Å². The van der Waals surface area contributed by atoms with Crippen LogP contribution in [-0.4, -0.2) is 12.1 Å². The second-order valence-electron chi connectivity index (χ2n) is 6.84. The minimum Gasteiger partial charge on any atom is -0.312 e. The molecule has 1 nitrogen and oxygen atoms in total. The third kappa shape index (κ3) is 10.0. The van der Waals surface area contributed by atoms with Crippen LogP contribution in [0.2, 0.25) is 0 Å². The van der Waals surface area contributed by atoms with Crippen LogP contribution in [0.25, 0.3) is 0 Å². The molecule has 0 saturated carbocycles. The molecule has 0 fully saturated rings. The van der Waals surface area contributed by atoms with Crippen molar-refractivity contribution in [2.75, 3.05) is 6.54 Å². The van der Waals surface area contributed by atoms with Crippen LogP contribution in [-0.2, 0) is 0 Å². The van der Waals surface area contributed by atoms with Crippen molar-refractivity contribution in [3.63, 3.8) is 0 Å². The Morgan fingerprint density at radius 1 is 1.00 bits per heavy atom. The van der Waals surface area contributed by atoms with Crippen molar-refractivity contribution in [3.05, 3.63) is 0 Å². The van der Waals surface area contributed by atoms with Crippen molar-refractivity contribution < 1.29 is 0 Å². The lowest BCUT2D eigenvalue weighted by Crippen LogP contribution is -2.38. The van der Waals surface area contributed by atoms with Crippen LogP contribution in [0.15, 0.2) is 0 Å². The zero-order valence-corrected chi connectivity index (χ0v) is 11.2. The Morgan fingerprint density at radius 2 is 1.50 bits per heavy atom. The second-order valence-corrected chi connectivity index (χ2v) is 6.84. The monoisotopic (exact) mass is 199 g/mol. The van der Waals surface area contributed by atoms with Crippen molar-refractivity contribution >= 4 is 0 Å². The van der Waals surface area contributed by atoms with E-state index >= 15 is 0 Å². The van der Waals surface area contributed by atoms with E-state index in [0.29, 0.717) is 5.41 Å². The molecule has 86 valence electrons. The van der Waals surface area contributed by atoms with E-state index in [-0.39, 0.29) is 5.54 Å². The fourth-order valence-electron chi connectivity index (χ4n) is 1.26. The van der Waals surface area contributed by atoms with Gasteiger partial charge in [0.25, 0.3) is 0 Å². The van der Waals surface area contributed by atoms with Gasteiger partial charge in [0.15, 0.2) is 0 Å².